The highest BCUT2D eigenvalue weighted by atomic mass is 35.5. The molecule has 132 valence electrons. The van der Waals surface area contributed by atoms with Gasteiger partial charge in [-0.15, -0.1) is 11.8 Å². The molecule has 0 radical (unpaired) electrons. The Kier molecular flexibility index (Phi) is 6.45. The molecule has 25 heavy (non-hydrogen) atoms. The predicted octanol–water partition coefficient (Wildman–Crippen LogP) is 3.97. The zero-order chi connectivity index (χ0) is 17.6. The molecule has 1 amide bonds. The van der Waals surface area contributed by atoms with Crippen molar-refractivity contribution in [1.82, 2.24) is 9.88 Å². The fraction of sp³-hybridized carbons (Fsp3) is 0.333. The van der Waals surface area contributed by atoms with Crippen molar-refractivity contribution in [2.24, 2.45) is 0 Å². The third kappa shape index (κ3) is 5.27. The van der Waals surface area contributed by atoms with Gasteiger partial charge in [0, 0.05) is 43.2 Å². The lowest BCUT2D eigenvalue weighted by atomic mass is 10.2. The summed E-state index contributed by atoms with van der Waals surface area (Å²) >= 11 is 13.4. The van der Waals surface area contributed by atoms with Gasteiger partial charge in [-0.3, -0.25) is 4.79 Å². The van der Waals surface area contributed by atoms with Crippen molar-refractivity contribution in [3.8, 4) is 0 Å². The molecule has 0 atom stereocenters. The summed E-state index contributed by atoms with van der Waals surface area (Å²) in [4.78, 5) is 20.8. The highest BCUT2D eigenvalue weighted by Gasteiger charge is 2.21. The maximum Gasteiger partial charge on any atom is 0.232 e. The Morgan fingerprint density at radius 2 is 1.68 bits per heavy atom. The topological polar surface area (TPSA) is 36.4 Å². The molecule has 0 saturated carbocycles. The second kappa shape index (κ2) is 8.79. The van der Waals surface area contributed by atoms with Crippen LogP contribution in [0.5, 0.6) is 0 Å². The lowest BCUT2D eigenvalue weighted by molar-refractivity contribution is -0.128. The van der Waals surface area contributed by atoms with Crippen LogP contribution in [0.4, 0.5) is 5.82 Å². The van der Waals surface area contributed by atoms with Crippen molar-refractivity contribution >= 4 is 46.7 Å². The first kappa shape index (κ1) is 18.4. The molecule has 1 aliphatic rings. The minimum Gasteiger partial charge on any atom is -0.353 e. The van der Waals surface area contributed by atoms with Crippen molar-refractivity contribution in [2.45, 2.75) is 5.75 Å². The number of thioether (sulfide) groups is 1. The van der Waals surface area contributed by atoms with Crippen molar-refractivity contribution in [1.29, 1.82) is 0 Å². The number of hydrogen-bond acceptors (Lipinski definition) is 4. The Balaban J connectivity index is 1.42. The van der Waals surface area contributed by atoms with E-state index in [9.17, 15) is 4.79 Å². The number of hydrogen-bond donors (Lipinski definition) is 0. The Labute approximate surface area is 162 Å². The molecule has 1 aromatic carbocycles. The number of piperazine rings is 1. The van der Waals surface area contributed by atoms with Gasteiger partial charge in [-0.2, -0.15) is 0 Å². The van der Waals surface area contributed by atoms with Gasteiger partial charge in [0.25, 0.3) is 0 Å². The molecule has 0 bridgehead atoms. The molecule has 1 saturated heterocycles. The lowest BCUT2D eigenvalue weighted by Gasteiger charge is -2.35. The molecular formula is C18H19Cl2N3OS. The van der Waals surface area contributed by atoms with Gasteiger partial charge >= 0.3 is 0 Å². The summed E-state index contributed by atoms with van der Waals surface area (Å²) in [6.45, 7) is 3.04. The van der Waals surface area contributed by atoms with Crippen LogP contribution in [-0.4, -0.2) is 47.7 Å². The zero-order valence-corrected chi connectivity index (χ0v) is 16.0. The summed E-state index contributed by atoms with van der Waals surface area (Å²) in [5.74, 6) is 2.43. The van der Waals surface area contributed by atoms with Gasteiger partial charge in [0.15, 0.2) is 0 Å². The van der Waals surface area contributed by atoms with Crippen LogP contribution in [0.3, 0.4) is 0 Å². The maximum absolute atomic E-state index is 12.4. The summed E-state index contributed by atoms with van der Waals surface area (Å²) in [7, 11) is 0. The monoisotopic (exact) mass is 395 g/mol. The zero-order valence-electron chi connectivity index (χ0n) is 13.7. The summed E-state index contributed by atoms with van der Waals surface area (Å²) in [5, 5.41) is 1.37. The largest absolute Gasteiger partial charge is 0.353 e. The average molecular weight is 396 g/mol. The fourth-order valence-electron chi connectivity index (χ4n) is 2.67. The predicted molar refractivity (Wildman–Crippen MR) is 106 cm³/mol. The van der Waals surface area contributed by atoms with E-state index >= 15 is 0 Å². The van der Waals surface area contributed by atoms with Gasteiger partial charge in [0.1, 0.15) is 5.82 Å². The highest BCUT2D eigenvalue weighted by molar-refractivity contribution is 7.99. The summed E-state index contributed by atoms with van der Waals surface area (Å²) < 4.78 is 0. The number of anilines is 1. The molecule has 0 spiro atoms. The number of amides is 1. The van der Waals surface area contributed by atoms with E-state index in [0.717, 1.165) is 42.8 Å². The Hall–Kier alpha value is -1.43. The van der Waals surface area contributed by atoms with Gasteiger partial charge in [0.05, 0.1) is 10.8 Å². The molecule has 4 nitrogen and oxygen atoms in total. The fourth-order valence-corrected chi connectivity index (χ4v) is 3.79. The van der Waals surface area contributed by atoms with Gasteiger partial charge in [0.2, 0.25) is 5.91 Å². The van der Waals surface area contributed by atoms with E-state index in [-0.39, 0.29) is 5.91 Å². The molecule has 1 fully saturated rings. The van der Waals surface area contributed by atoms with Crippen LogP contribution in [0.1, 0.15) is 5.56 Å². The summed E-state index contributed by atoms with van der Waals surface area (Å²) in [6, 6.07) is 11.5. The normalized spacial score (nSPS) is 14.6. The number of rotatable bonds is 5. The van der Waals surface area contributed by atoms with Crippen molar-refractivity contribution in [3.63, 3.8) is 0 Å². The molecule has 1 aliphatic heterocycles. The molecule has 7 heteroatoms. The Morgan fingerprint density at radius 3 is 2.32 bits per heavy atom. The van der Waals surface area contributed by atoms with Gasteiger partial charge in [-0.1, -0.05) is 35.3 Å². The average Bonchev–Trinajstić information content (AvgIpc) is 2.64. The molecular weight excluding hydrogens is 377 g/mol. The third-order valence-corrected chi connectivity index (χ3v) is 5.54. The first-order valence-corrected chi connectivity index (χ1v) is 9.99. The van der Waals surface area contributed by atoms with Crippen LogP contribution in [0.25, 0.3) is 0 Å². The van der Waals surface area contributed by atoms with E-state index in [4.69, 9.17) is 23.2 Å². The van der Waals surface area contributed by atoms with Crippen molar-refractivity contribution < 1.29 is 4.79 Å². The first-order chi connectivity index (χ1) is 12.1. The van der Waals surface area contributed by atoms with Crippen LogP contribution >= 0.6 is 35.0 Å². The van der Waals surface area contributed by atoms with Gasteiger partial charge in [-0.05, 0) is 29.8 Å². The quantitative estimate of drug-likeness (QED) is 0.767. The standard InChI is InChI=1S/C18H19Cl2N3OS/c19-15-3-1-14(2-4-15)12-25-13-18(24)23-9-7-22(8-10-23)17-6-5-16(20)11-21-17/h1-6,11H,7-10,12-13H2. The first-order valence-electron chi connectivity index (χ1n) is 8.08. The van der Waals surface area contributed by atoms with Gasteiger partial charge < -0.3 is 9.80 Å². The summed E-state index contributed by atoms with van der Waals surface area (Å²) in [5.41, 5.74) is 1.18. The lowest BCUT2D eigenvalue weighted by Crippen LogP contribution is -2.49. The van der Waals surface area contributed by atoms with Crippen LogP contribution < -0.4 is 4.90 Å². The van der Waals surface area contributed by atoms with E-state index in [2.05, 4.69) is 9.88 Å². The Morgan fingerprint density at radius 1 is 1.00 bits per heavy atom. The van der Waals surface area contributed by atoms with E-state index in [1.165, 1.54) is 5.56 Å². The molecule has 1 aromatic heterocycles. The summed E-state index contributed by atoms with van der Waals surface area (Å²) in [6.07, 6.45) is 1.65. The minimum atomic E-state index is 0.197. The number of nitrogens with zero attached hydrogens (tertiary/aromatic N) is 3. The number of carbonyl (C=O) groups excluding carboxylic acids is 1. The highest BCUT2D eigenvalue weighted by Crippen LogP contribution is 2.18. The van der Waals surface area contributed by atoms with Crippen LogP contribution in [0.2, 0.25) is 10.0 Å². The second-order valence-corrected chi connectivity index (χ2v) is 7.68. The molecule has 0 N–H and O–H groups in total. The number of pyridine rings is 1. The van der Waals surface area contributed by atoms with E-state index in [1.807, 2.05) is 41.3 Å². The van der Waals surface area contributed by atoms with Crippen LogP contribution in [0, 0.1) is 0 Å². The molecule has 0 unspecified atom stereocenters. The second-order valence-electron chi connectivity index (χ2n) is 5.82. The van der Waals surface area contributed by atoms with E-state index in [1.54, 1.807) is 18.0 Å². The van der Waals surface area contributed by atoms with Gasteiger partial charge in [-0.25, -0.2) is 4.98 Å². The third-order valence-electron chi connectivity index (χ3n) is 4.08. The minimum absolute atomic E-state index is 0.197. The number of halogens is 2. The molecule has 2 aromatic rings. The van der Waals surface area contributed by atoms with E-state index in [0.29, 0.717) is 10.8 Å². The molecule has 0 aliphatic carbocycles. The van der Waals surface area contributed by atoms with Crippen molar-refractivity contribution in [3.05, 3.63) is 58.2 Å². The van der Waals surface area contributed by atoms with Crippen LogP contribution in [-0.2, 0) is 10.5 Å². The SMILES string of the molecule is O=C(CSCc1ccc(Cl)cc1)N1CCN(c2ccc(Cl)cn2)CC1. The van der Waals surface area contributed by atoms with Crippen molar-refractivity contribution in [2.75, 3.05) is 36.8 Å². The van der Waals surface area contributed by atoms with Crippen LogP contribution in [0.15, 0.2) is 42.6 Å². The number of carbonyl (C=O) groups is 1. The molecule has 2 heterocycles. The van der Waals surface area contributed by atoms with E-state index < -0.39 is 0 Å². The number of benzene rings is 1. The smallest absolute Gasteiger partial charge is 0.232 e. The maximum atomic E-state index is 12.4. The molecule has 3 rings (SSSR count). The Bertz CT molecular complexity index is 701. The number of aromatic nitrogens is 1.